The van der Waals surface area contributed by atoms with E-state index in [-0.39, 0.29) is 43.2 Å². The average molecular weight is 468 g/mol. The van der Waals surface area contributed by atoms with Gasteiger partial charge in [0, 0.05) is 32.1 Å². The minimum Gasteiger partial charge on any atom is -0.355 e. The van der Waals surface area contributed by atoms with Crippen molar-refractivity contribution in [3.05, 3.63) is 29.6 Å². The van der Waals surface area contributed by atoms with Crippen LogP contribution in [0.1, 0.15) is 32.3 Å². The van der Waals surface area contributed by atoms with Crippen molar-refractivity contribution in [3.63, 3.8) is 0 Å². The lowest BCUT2D eigenvalue weighted by atomic mass is 9.91. The molecular formula is C20H29F4N3O3S. The highest BCUT2D eigenvalue weighted by Gasteiger charge is 2.37. The molecule has 0 aliphatic carbocycles. The molecule has 0 bridgehead atoms. The van der Waals surface area contributed by atoms with Crippen molar-refractivity contribution in [2.45, 2.75) is 37.8 Å². The van der Waals surface area contributed by atoms with E-state index in [1.165, 1.54) is 0 Å². The molecule has 0 aromatic heterocycles. The molecule has 31 heavy (non-hydrogen) atoms. The van der Waals surface area contributed by atoms with Crippen molar-refractivity contribution >= 4 is 15.9 Å². The van der Waals surface area contributed by atoms with Crippen LogP contribution in [0.15, 0.2) is 23.1 Å². The Bertz CT molecular complexity index is 893. The fourth-order valence-corrected chi connectivity index (χ4v) is 5.27. The van der Waals surface area contributed by atoms with Crippen LogP contribution in [0.3, 0.4) is 0 Å². The highest BCUT2D eigenvalue weighted by molar-refractivity contribution is 7.89. The van der Waals surface area contributed by atoms with Crippen LogP contribution in [0.4, 0.5) is 17.6 Å². The zero-order valence-electron chi connectivity index (χ0n) is 18.1. The first-order valence-corrected chi connectivity index (χ1v) is 11.4. The molecule has 0 radical (unpaired) electrons. The fourth-order valence-electron chi connectivity index (χ4n) is 3.77. The van der Waals surface area contributed by atoms with Crippen molar-refractivity contribution < 1.29 is 30.8 Å². The van der Waals surface area contributed by atoms with Gasteiger partial charge in [0.05, 0.1) is 10.5 Å². The Morgan fingerprint density at radius 1 is 1.19 bits per heavy atom. The van der Waals surface area contributed by atoms with Gasteiger partial charge >= 0.3 is 6.18 Å². The molecule has 1 aliphatic heterocycles. The van der Waals surface area contributed by atoms with E-state index >= 15 is 0 Å². The summed E-state index contributed by atoms with van der Waals surface area (Å²) in [6, 6.07) is 1.65. The number of carbonyl (C=O) groups is 1. The van der Waals surface area contributed by atoms with Crippen molar-refractivity contribution in [2.75, 3.05) is 40.3 Å². The second kappa shape index (κ2) is 9.41. The third kappa shape index (κ3) is 6.63. The van der Waals surface area contributed by atoms with E-state index < -0.39 is 32.5 Å². The number of benzene rings is 1. The number of hydrogen-bond donors (Lipinski definition) is 1. The monoisotopic (exact) mass is 467 g/mol. The van der Waals surface area contributed by atoms with Gasteiger partial charge in [0.15, 0.2) is 0 Å². The average Bonchev–Trinajstić information content (AvgIpc) is 2.64. The van der Waals surface area contributed by atoms with Gasteiger partial charge in [0.2, 0.25) is 15.9 Å². The van der Waals surface area contributed by atoms with Crippen molar-refractivity contribution in [1.82, 2.24) is 14.5 Å². The Kier molecular flexibility index (Phi) is 7.76. The maximum Gasteiger partial charge on any atom is 0.419 e. The SMILES string of the molecule is CN(C)CC(C)(C)CNC(=O)C1CCN(S(=O)(=O)c2ccc(F)c(C(F)(F)F)c2)CC1. The third-order valence-electron chi connectivity index (χ3n) is 5.19. The maximum absolute atomic E-state index is 13.5. The van der Waals surface area contributed by atoms with E-state index in [1.807, 2.05) is 32.8 Å². The summed E-state index contributed by atoms with van der Waals surface area (Å²) >= 11 is 0. The lowest BCUT2D eigenvalue weighted by Crippen LogP contribution is -2.46. The van der Waals surface area contributed by atoms with Gasteiger partial charge in [-0.25, -0.2) is 12.8 Å². The van der Waals surface area contributed by atoms with E-state index in [1.54, 1.807) is 0 Å². The standard InChI is InChI=1S/C20H29F4N3O3S/c1-19(2,13-26(3)4)12-25-18(28)14-7-9-27(10-8-14)31(29,30)15-5-6-17(21)16(11-15)20(22,23)24/h5-6,11,14H,7-10,12-13H2,1-4H3,(H,25,28). The van der Waals surface area contributed by atoms with Crippen molar-refractivity contribution in [3.8, 4) is 0 Å². The Hall–Kier alpha value is -1.72. The lowest BCUT2D eigenvalue weighted by molar-refractivity contribution is -0.140. The second-order valence-electron chi connectivity index (χ2n) is 8.94. The zero-order valence-corrected chi connectivity index (χ0v) is 18.9. The van der Waals surface area contributed by atoms with Crippen LogP contribution >= 0.6 is 0 Å². The third-order valence-corrected chi connectivity index (χ3v) is 7.09. The molecule has 0 saturated carbocycles. The number of sulfonamides is 1. The van der Waals surface area contributed by atoms with Crippen LogP contribution in [0.25, 0.3) is 0 Å². The van der Waals surface area contributed by atoms with E-state index in [0.29, 0.717) is 18.7 Å². The summed E-state index contributed by atoms with van der Waals surface area (Å²) in [7, 11) is -0.344. The van der Waals surface area contributed by atoms with Gasteiger partial charge in [-0.05, 0) is 50.6 Å². The molecule has 1 N–H and O–H groups in total. The number of nitrogens with one attached hydrogen (secondary N) is 1. The number of rotatable bonds is 7. The zero-order chi connectivity index (χ0) is 23.6. The predicted molar refractivity (Wildman–Crippen MR) is 108 cm³/mol. The van der Waals surface area contributed by atoms with E-state index in [4.69, 9.17) is 0 Å². The number of hydrogen-bond acceptors (Lipinski definition) is 4. The van der Waals surface area contributed by atoms with Gasteiger partial charge in [-0.15, -0.1) is 0 Å². The lowest BCUT2D eigenvalue weighted by Gasteiger charge is -2.32. The molecule has 0 atom stereocenters. The predicted octanol–water partition coefficient (Wildman–Crippen LogP) is 2.95. The van der Waals surface area contributed by atoms with E-state index in [2.05, 4.69) is 5.32 Å². The number of carbonyl (C=O) groups excluding carboxylic acids is 1. The Balaban J connectivity index is 2.01. The summed E-state index contributed by atoms with van der Waals surface area (Å²) < 4.78 is 78.8. The van der Waals surface area contributed by atoms with Gasteiger partial charge in [-0.3, -0.25) is 4.79 Å². The first-order valence-electron chi connectivity index (χ1n) is 9.93. The summed E-state index contributed by atoms with van der Waals surface area (Å²) in [4.78, 5) is 13.9. The number of halogens is 4. The van der Waals surface area contributed by atoms with Crippen LogP contribution < -0.4 is 5.32 Å². The molecule has 1 aromatic carbocycles. The number of piperidine rings is 1. The molecule has 1 heterocycles. The molecule has 1 aromatic rings. The number of amides is 1. The van der Waals surface area contributed by atoms with Gasteiger partial charge in [-0.1, -0.05) is 13.8 Å². The number of alkyl halides is 3. The minimum atomic E-state index is -5.00. The quantitative estimate of drug-likeness (QED) is 0.626. The molecule has 0 spiro atoms. The summed E-state index contributed by atoms with van der Waals surface area (Å²) in [6.45, 7) is 5.31. The summed E-state index contributed by atoms with van der Waals surface area (Å²) in [5.41, 5.74) is -1.76. The Labute approximate surface area is 180 Å². The summed E-state index contributed by atoms with van der Waals surface area (Å²) in [5.74, 6) is -2.07. The Morgan fingerprint density at radius 3 is 2.29 bits per heavy atom. The van der Waals surface area contributed by atoms with E-state index in [9.17, 15) is 30.8 Å². The van der Waals surface area contributed by atoms with E-state index in [0.717, 1.165) is 16.9 Å². The molecule has 1 amide bonds. The van der Waals surface area contributed by atoms with Crippen molar-refractivity contribution in [1.29, 1.82) is 0 Å². The molecular weight excluding hydrogens is 438 g/mol. The summed E-state index contributed by atoms with van der Waals surface area (Å²) in [5, 5.41) is 2.91. The number of nitrogens with zero attached hydrogens (tertiary/aromatic N) is 2. The maximum atomic E-state index is 13.5. The first-order chi connectivity index (χ1) is 14.1. The minimum absolute atomic E-state index is 0.000236. The van der Waals surface area contributed by atoms with Crippen LogP contribution in [0.5, 0.6) is 0 Å². The molecule has 176 valence electrons. The molecule has 0 unspecified atom stereocenters. The normalized spacial score (nSPS) is 17.2. The molecule has 11 heteroatoms. The first kappa shape index (κ1) is 25.5. The van der Waals surface area contributed by atoms with Crippen molar-refractivity contribution in [2.24, 2.45) is 11.3 Å². The molecule has 1 saturated heterocycles. The summed E-state index contributed by atoms with van der Waals surface area (Å²) in [6.07, 6.45) is -4.49. The van der Waals surface area contributed by atoms with Crippen LogP contribution in [0, 0.1) is 17.2 Å². The Morgan fingerprint density at radius 2 is 1.77 bits per heavy atom. The van der Waals surface area contributed by atoms with Gasteiger partial charge < -0.3 is 10.2 Å². The van der Waals surface area contributed by atoms with Crippen LogP contribution in [-0.4, -0.2) is 63.8 Å². The van der Waals surface area contributed by atoms with Gasteiger partial charge in [-0.2, -0.15) is 17.5 Å². The molecule has 1 fully saturated rings. The smallest absolute Gasteiger partial charge is 0.355 e. The fraction of sp³-hybridized carbons (Fsp3) is 0.650. The molecule has 6 nitrogen and oxygen atoms in total. The van der Waals surface area contributed by atoms with Gasteiger partial charge in [0.25, 0.3) is 0 Å². The van der Waals surface area contributed by atoms with Gasteiger partial charge in [0.1, 0.15) is 5.82 Å². The topological polar surface area (TPSA) is 69.7 Å². The highest BCUT2D eigenvalue weighted by Crippen LogP contribution is 2.34. The second-order valence-corrected chi connectivity index (χ2v) is 10.9. The highest BCUT2D eigenvalue weighted by atomic mass is 32.2. The largest absolute Gasteiger partial charge is 0.419 e. The van der Waals surface area contributed by atoms with Crippen LogP contribution in [0.2, 0.25) is 0 Å². The molecule has 2 rings (SSSR count). The molecule has 1 aliphatic rings. The van der Waals surface area contributed by atoms with Crippen LogP contribution in [-0.2, 0) is 21.0 Å².